The van der Waals surface area contributed by atoms with E-state index in [0.29, 0.717) is 0 Å². The third-order valence-corrected chi connectivity index (χ3v) is 0.950. The van der Waals surface area contributed by atoms with Crippen LogP contribution >= 0.6 is 11.6 Å². The lowest BCUT2D eigenvalue weighted by atomic mass is 10.2. The first-order valence-corrected chi connectivity index (χ1v) is 2.86. The molecule has 0 N–H and O–H groups in total. The standard InChI is InChI=1S/C5H7ClF2O/c1-5(7,8)3-2-4(6)9/h2-3H2,1H3. The molecule has 4 heteroatoms. The van der Waals surface area contributed by atoms with Crippen LogP contribution in [0, 0.1) is 0 Å². The first kappa shape index (κ1) is 8.82. The van der Waals surface area contributed by atoms with Crippen molar-refractivity contribution in [2.45, 2.75) is 25.7 Å². The third-order valence-electron chi connectivity index (χ3n) is 0.761. The quantitative estimate of drug-likeness (QED) is 0.573. The van der Waals surface area contributed by atoms with Gasteiger partial charge in [-0.2, -0.15) is 0 Å². The third kappa shape index (κ3) is 7.82. The Morgan fingerprint density at radius 1 is 1.67 bits per heavy atom. The topological polar surface area (TPSA) is 17.1 Å². The summed E-state index contributed by atoms with van der Waals surface area (Å²) in [4.78, 5) is 9.92. The fourth-order valence-corrected chi connectivity index (χ4v) is 0.412. The van der Waals surface area contributed by atoms with Crippen LogP contribution in [0.4, 0.5) is 8.78 Å². The molecule has 0 aliphatic rings. The highest BCUT2D eigenvalue weighted by molar-refractivity contribution is 6.63. The predicted molar refractivity (Wildman–Crippen MR) is 30.7 cm³/mol. The van der Waals surface area contributed by atoms with Crippen molar-refractivity contribution in [3.8, 4) is 0 Å². The molecule has 0 unspecified atom stereocenters. The highest BCUT2D eigenvalue weighted by atomic mass is 35.5. The zero-order valence-corrected chi connectivity index (χ0v) is 5.71. The molecule has 0 spiro atoms. The van der Waals surface area contributed by atoms with Crippen LogP contribution in [0.2, 0.25) is 0 Å². The van der Waals surface area contributed by atoms with Gasteiger partial charge in [0.25, 0.3) is 0 Å². The summed E-state index contributed by atoms with van der Waals surface area (Å²) in [5.41, 5.74) is 0. The summed E-state index contributed by atoms with van der Waals surface area (Å²) in [6, 6.07) is 0. The molecule has 1 nitrogen and oxygen atoms in total. The lowest BCUT2D eigenvalue weighted by Crippen LogP contribution is -2.10. The highest BCUT2D eigenvalue weighted by Gasteiger charge is 2.21. The van der Waals surface area contributed by atoms with Gasteiger partial charge in [0.2, 0.25) is 11.2 Å². The van der Waals surface area contributed by atoms with Crippen LogP contribution in [-0.2, 0) is 4.79 Å². The summed E-state index contributed by atoms with van der Waals surface area (Å²) in [6.07, 6.45) is -0.722. The van der Waals surface area contributed by atoms with Crippen molar-refractivity contribution in [3.63, 3.8) is 0 Å². The molecule has 0 aromatic heterocycles. The molecule has 0 rings (SSSR count). The van der Waals surface area contributed by atoms with Crippen LogP contribution in [0.1, 0.15) is 19.8 Å². The molecule has 0 aliphatic carbocycles. The van der Waals surface area contributed by atoms with Gasteiger partial charge in [-0.3, -0.25) is 4.79 Å². The van der Waals surface area contributed by atoms with Crippen molar-refractivity contribution in [1.82, 2.24) is 0 Å². The molecule has 0 saturated carbocycles. The first-order valence-electron chi connectivity index (χ1n) is 2.48. The number of hydrogen-bond acceptors (Lipinski definition) is 1. The Balaban J connectivity index is 3.39. The molecule has 0 saturated heterocycles. The molecule has 0 amide bonds. The lowest BCUT2D eigenvalue weighted by Gasteiger charge is -2.05. The van der Waals surface area contributed by atoms with Gasteiger partial charge in [0.1, 0.15) is 0 Å². The predicted octanol–water partition coefficient (Wildman–Crippen LogP) is 2.19. The SMILES string of the molecule is CC(F)(F)CCC(=O)Cl. The van der Waals surface area contributed by atoms with Gasteiger partial charge in [0.05, 0.1) is 0 Å². The van der Waals surface area contributed by atoms with Crippen molar-refractivity contribution >= 4 is 16.8 Å². The molecule has 0 heterocycles. The van der Waals surface area contributed by atoms with E-state index in [-0.39, 0.29) is 6.42 Å². The largest absolute Gasteiger partial charge is 0.281 e. The van der Waals surface area contributed by atoms with Gasteiger partial charge in [-0.25, -0.2) is 8.78 Å². The minimum absolute atomic E-state index is 0.259. The van der Waals surface area contributed by atoms with Crippen LogP contribution in [0.3, 0.4) is 0 Å². The van der Waals surface area contributed by atoms with Crippen molar-refractivity contribution in [2.75, 3.05) is 0 Å². The number of alkyl halides is 2. The van der Waals surface area contributed by atoms with Gasteiger partial charge in [0.15, 0.2) is 0 Å². The van der Waals surface area contributed by atoms with Crippen LogP contribution < -0.4 is 0 Å². The monoisotopic (exact) mass is 156 g/mol. The Kier molecular flexibility index (Phi) is 3.04. The van der Waals surface area contributed by atoms with E-state index in [2.05, 4.69) is 0 Å². The maximum atomic E-state index is 11.9. The minimum Gasteiger partial charge on any atom is -0.281 e. The van der Waals surface area contributed by atoms with Gasteiger partial charge in [0, 0.05) is 12.8 Å². The number of rotatable bonds is 3. The van der Waals surface area contributed by atoms with Crippen molar-refractivity contribution in [2.24, 2.45) is 0 Å². The second kappa shape index (κ2) is 3.11. The van der Waals surface area contributed by atoms with Crippen LogP contribution in [0.5, 0.6) is 0 Å². The molecular weight excluding hydrogens is 150 g/mol. The van der Waals surface area contributed by atoms with E-state index < -0.39 is 17.6 Å². The molecule has 9 heavy (non-hydrogen) atoms. The average molecular weight is 157 g/mol. The van der Waals surface area contributed by atoms with E-state index in [0.717, 1.165) is 6.92 Å². The lowest BCUT2D eigenvalue weighted by molar-refractivity contribution is -0.113. The van der Waals surface area contributed by atoms with E-state index in [9.17, 15) is 13.6 Å². The fourth-order valence-electron chi connectivity index (χ4n) is 0.318. The maximum Gasteiger partial charge on any atom is 0.245 e. The molecule has 0 atom stereocenters. The van der Waals surface area contributed by atoms with Gasteiger partial charge in [-0.05, 0) is 18.5 Å². The van der Waals surface area contributed by atoms with Crippen LogP contribution in [-0.4, -0.2) is 11.2 Å². The van der Waals surface area contributed by atoms with Crippen molar-refractivity contribution in [1.29, 1.82) is 0 Å². The second-order valence-electron chi connectivity index (χ2n) is 1.93. The van der Waals surface area contributed by atoms with E-state index >= 15 is 0 Å². The maximum absolute atomic E-state index is 11.9. The van der Waals surface area contributed by atoms with E-state index in [1.807, 2.05) is 0 Å². The Morgan fingerprint density at radius 3 is 2.22 bits per heavy atom. The number of halogens is 3. The van der Waals surface area contributed by atoms with Gasteiger partial charge in [-0.1, -0.05) is 0 Å². The van der Waals surface area contributed by atoms with Crippen LogP contribution in [0.15, 0.2) is 0 Å². The number of hydrogen-bond donors (Lipinski definition) is 0. The van der Waals surface area contributed by atoms with E-state index in [1.165, 1.54) is 0 Å². The summed E-state index contributed by atoms with van der Waals surface area (Å²) < 4.78 is 23.7. The Labute approximate surface area is 57.0 Å². The van der Waals surface area contributed by atoms with Crippen LogP contribution in [0.25, 0.3) is 0 Å². The van der Waals surface area contributed by atoms with Crippen molar-refractivity contribution in [3.05, 3.63) is 0 Å². The van der Waals surface area contributed by atoms with Crippen molar-refractivity contribution < 1.29 is 13.6 Å². The zero-order chi connectivity index (χ0) is 7.49. The fraction of sp³-hybridized carbons (Fsp3) is 0.800. The van der Waals surface area contributed by atoms with Gasteiger partial charge in [-0.15, -0.1) is 0 Å². The van der Waals surface area contributed by atoms with E-state index in [1.54, 1.807) is 0 Å². The zero-order valence-electron chi connectivity index (χ0n) is 4.96. The summed E-state index contributed by atoms with van der Waals surface area (Å²) in [5, 5.41) is -0.712. The normalized spacial score (nSPS) is 11.6. The molecule has 0 fully saturated rings. The van der Waals surface area contributed by atoms with Gasteiger partial charge >= 0.3 is 0 Å². The summed E-state index contributed by atoms with van der Waals surface area (Å²) in [5.74, 6) is -2.77. The Morgan fingerprint density at radius 2 is 2.11 bits per heavy atom. The number of carbonyl (C=O) groups excluding carboxylic acids is 1. The molecule has 0 bridgehead atoms. The highest BCUT2D eigenvalue weighted by Crippen LogP contribution is 2.18. The molecule has 0 radical (unpaired) electrons. The second-order valence-corrected chi connectivity index (χ2v) is 2.35. The molecule has 0 aromatic carbocycles. The molecule has 0 aromatic rings. The summed E-state index contributed by atoms with van der Waals surface area (Å²) in [6.45, 7) is 0.757. The minimum atomic E-state index is -2.77. The number of carbonyl (C=O) groups is 1. The first-order chi connectivity index (χ1) is 3.92. The Bertz CT molecular complexity index is 108. The summed E-state index contributed by atoms with van der Waals surface area (Å²) >= 11 is 4.81. The molecule has 54 valence electrons. The molecular formula is C5H7ClF2O. The Hall–Kier alpha value is -0.180. The smallest absolute Gasteiger partial charge is 0.245 e. The average Bonchev–Trinajstić information content (AvgIpc) is 1.59. The molecule has 0 aliphatic heterocycles. The van der Waals surface area contributed by atoms with Gasteiger partial charge < -0.3 is 0 Å². The van der Waals surface area contributed by atoms with E-state index in [4.69, 9.17) is 11.6 Å². The summed E-state index contributed by atoms with van der Waals surface area (Å²) in [7, 11) is 0.